The van der Waals surface area contributed by atoms with E-state index in [1.807, 2.05) is 30.3 Å². The van der Waals surface area contributed by atoms with Crippen molar-refractivity contribution in [2.24, 2.45) is 5.73 Å². The maximum Gasteiger partial charge on any atom is 0.245 e. The minimum absolute atomic E-state index is 0.182. The first-order valence-corrected chi connectivity index (χ1v) is 7.35. The van der Waals surface area contributed by atoms with Crippen LogP contribution < -0.4 is 15.4 Å². The molecule has 6 nitrogen and oxygen atoms in total. The number of aromatic nitrogens is 3. The summed E-state index contributed by atoms with van der Waals surface area (Å²) in [6, 6.07) is 10.1. The van der Waals surface area contributed by atoms with Crippen molar-refractivity contribution < 1.29 is 4.74 Å². The largest absolute Gasteiger partial charge is 0.486 e. The zero-order valence-electron chi connectivity index (χ0n) is 12.2. The molecule has 1 saturated heterocycles. The van der Waals surface area contributed by atoms with Crippen molar-refractivity contribution in [3.63, 3.8) is 0 Å². The average Bonchev–Trinajstić information content (AvgIpc) is 2.98. The molecular weight excluding hydrogens is 266 g/mol. The van der Waals surface area contributed by atoms with E-state index in [1.54, 1.807) is 0 Å². The van der Waals surface area contributed by atoms with Gasteiger partial charge in [-0.25, -0.2) is 0 Å². The quantitative estimate of drug-likeness (QED) is 0.894. The Balaban J connectivity index is 1.63. The van der Waals surface area contributed by atoms with E-state index in [2.05, 4.69) is 27.0 Å². The van der Waals surface area contributed by atoms with Gasteiger partial charge in [-0.1, -0.05) is 18.2 Å². The van der Waals surface area contributed by atoms with Gasteiger partial charge in [0.1, 0.15) is 12.4 Å². The Hall–Kier alpha value is -2.08. The van der Waals surface area contributed by atoms with Crippen LogP contribution in [0.5, 0.6) is 5.75 Å². The molecule has 0 saturated carbocycles. The van der Waals surface area contributed by atoms with Gasteiger partial charge in [-0.05, 0) is 31.9 Å². The minimum Gasteiger partial charge on any atom is -0.486 e. The summed E-state index contributed by atoms with van der Waals surface area (Å²) >= 11 is 0. The molecule has 21 heavy (non-hydrogen) atoms. The number of nitrogens with one attached hydrogen (secondary N) is 1. The second-order valence-electron chi connectivity index (χ2n) is 5.42. The normalized spacial score (nSPS) is 22.3. The van der Waals surface area contributed by atoms with Crippen molar-refractivity contribution in [2.45, 2.75) is 38.5 Å². The van der Waals surface area contributed by atoms with Crippen LogP contribution in [0.15, 0.2) is 30.3 Å². The number of rotatable bonds is 4. The van der Waals surface area contributed by atoms with Gasteiger partial charge in [0.05, 0.1) is 0 Å². The van der Waals surface area contributed by atoms with Crippen molar-refractivity contribution in [1.29, 1.82) is 0 Å². The lowest BCUT2D eigenvalue weighted by Crippen LogP contribution is -2.51. The number of hydrogen-bond acceptors (Lipinski definition) is 5. The first-order valence-electron chi connectivity index (χ1n) is 7.35. The van der Waals surface area contributed by atoms with Gasteiger partial charge >= 0.3 is 0 Å². The molecule has 0 radical (unpaired) electrons. The Bertz CT molecular complexity index is 570. The molecule has 1 aromatic heterocycles. The summed E-state index contributed by atoms with van der Waals surface area (Å²) in [7, 11) is 0. The van der Waals surface area contributed by atoms with E-state index < -0.39 is 0 Å². The first-order chi connectivity index (χ1) is 10.2. The van der Waals surface area contributed by atoms with Gasteiger partial charge in [-0.15, -0.1) is 5.10 Å². The van der Waals surface area contributed by atoms with Gasteiger partial charge in [-0.3, -0.25) is 5.10 Å². The van der Waals surface area contributed by atoms with Crippen LogP contribution in [0.25, 0.3) is 0 Å². The lowest BCUT2D eigenvalue weighted by molar-refractivity contribution is 0.296. The zero-order chi connectivity index (χ0) is 14.7. The van der Waals surface area contributed by atoms with Gasteiger partial charge < -0.3 is 15.4 Å². The summed E-state index contributed by atoms with van der Waals surface area (Å²) in [6.45, 7) is 3.46. The van der Waals surface area contributed by atoms with E-state index in [4.69, 9.17) is 10.5 Å². The van der Waals surface area contributed by atoms with Gasteiger partial charge in [-0.2, -0.15) is 4.98 Å². The molecule has 0 amide bonds. The summed E-state index contributed by atoms with van der Waals surface area (Å²) in [5, 5.41) is 7.23. The first kappa shape index (κ1) is 13.9. The number of para-hydroxylation sites is 1. The second-order valence-corrected chi connectivity index (χ2v) is 5.42. The molecule has 2 atom stereocenters. The molecular formula is C15H21N5O. The third kappa shape index (κ3) is 3.16. The smallest absolute Gasteiger partial charge is 0.245 e. The number of piperidine rings is 1. The molecule has 3 N–H and O–H groups in total. The van der Waals surface area contributed by atoms with Crippen LogP contribution in [0.4, 0.5) is 5.95 Å². The van der Waals surface area contributed by atoms with Crippen molar-refractivity contribution >= 4 is 5.95 Å². The molecule has 0 bridgehead atoms. The maximum absolute atomic E-state index is 6.12. The number of hydrogen-bond donors (Lipinski definition) is 2. The van der Waals surface area contributed by atoms with Crippen molar-refractivity contribution in [3.8, 4) is 5.75 Å². The number of anilines is 1. The molecule has 1 fully saturated rings. The summed E-state index contributed by atoms with van der Waals surface area (Å²) < 4.78 is 5.66. The van der Waals surface area contributed by atoms with E-state index in [0.717, 1.165) is 31.0 Å². The number of ether oxygens (including phenoxy) is 1. The molecule has 6 heteroatoms. The Morgan fingerprint density at radius 2 is 2.19 bits per heavy atom. The van der Waals surface area contributed by atoms with Crippen LogP contribution in [0.1, 0.15) is 25.6 Å². The molecule has 0 aliphatic carbocycles. The van der Waals surface area contributed by atoms with Crippen molar-refractivity contribution in [3.05, 3.63) is 36.2 Å². The standard InChI is InChI=1S/C15H21N5O/c1-11-13(16)8-5-9-20(11)15-17-14(18-19-15)10-21-12-6-3-2-4-7-12/h2-4,6-7,11,13H,5,8-10,16H2,1H3,(H,17,18,19). The lowest BCUT2D eigenvalue weighted by atomic mass is 9.99. The SMILES string of the molecule is CC1C(N)CCCN1c1n[nH]c(COc2ccccc2)n1. The van der Waals surface area contributed by atoms with Gasteiger partial charge in [0, 0.05) is 18.6 Å². The molecule has 1 aliphatic rings. The summed E-state index contributed by atoms with van der Waals surface area (Å²) in [5.41, 5.74) is 6.12. The fraction of sp³-hybridized carbons (Fsp3) is 0.467. The fourth-order valence-corrected chi connectivity index (χ4v) is 2.60. The second kappa shape index (κ2) is 6.13. The highest BCUT2D eigenvalue weighted by molar-refractivity contribution is 5.32. The molecule has 2 unspecified atom stereocenters. The summed E-state index contributed by atoms with van der Waals surface area (Å²) in [4.78, 5) is 6.68. The van der Waals surface area contributed by atoms with Gasteiger partial charge in [0.15, 0.2) is 5.82 Å². The van der Waals surface area contributed by atoms with Gasteiger partial charge in [0.2, 0.25) is 5.95 Å². The predicted octanol–water partition coefficient (Wildman–Crippen LogP) is 1.70. The Kier molecular flexibility index (Phi) is 4.06. The molecule has 1 aromatic carbocycles. The third-order valence-corrected chi connectivity index (χ3v) is 3.94. The number of H-pyrrole nitrogens is 1. The molecule has 1 aliphatic heterocycles. The van der Waals surface area contributed by atoms with Crippen LogP contribution in [-0.4, -0.2) is 33.8 Å². The average molecular weight is 287 g/mol. The predicted molar refractivity (Wildman–Crippen MR) is 81.2 cm³/mol. The topological polar surface area (TPSA) is 80.1 Å². The molecule has 2 heterocycles. The van der Waals surface area contributed by atoms with Gasteiger partial charge in [0.25, 0.3) is 0 Å². The number of aromatic amines is 1. The third-order valence-electron chi connectivity index (χ3n) is 3.94. The van der Waals surface area contributed by atoms with Crippen molar-refractivity contribution in [2.75, 3.05) is 11.4 Å². The minimum atomic E-state index is 0.182. The highest BCUT2D eigenvalue weighted by atomic mass is 16.5. The maximum atomic E-state index is 6.12. The summed E-state index contributed by atoms with van der Waals surface area (Å²) in [6.07, 6.45) is 2.14. The van der Waals surface area contributed by atoms with E-state index in [-0.39, 0.29) is 12.1 Å². The molecule has 112 valence electrons. The Morgan fingerprint density at radius 1 is 1.38 bits per heavy atom. The fourth-order valence-electron chi connectivity index (χ4n) is 2.60. The van der Waals surface area contributed by atoms with Crippen molar-refractivity contribution in [1.82, 2.24) is 15.2 Å². The number of benzene rings is 1. The Labute approximate surface area is 124 Å². The van der Waals surface area contributed by atoms with Crippen LogP contribution in [0.3, 0.4) is 0 Å². The Morgan fingerprint density at radius 3 is 3.00 bits per heavy atom. The number of nitrogens with zero attached hydrogens (tertiary/aromatic N) is 3. The monoisotopic (exact) mass is 287 g/mol. The van der Waals surface area contributed by atoms with Crippen LogP contribution in [0.2, 0.25) is 0 Å². The molecule has 0 spiro atoms. The molecule has 2 aromatic rings. The van der Waals surface area contributed by atoms with Crippen LogP contribution in [-0.2, 0) is 6.61 Å². The van der Waals surface area contributed by atoms with E-state index in [0.29, 0.717) is 12.6 Å². The number of nitrogens with two attached hydrogens (primary N) is 1. The molecule has 3 rings (SSSR count). The zero-order valence-corrected chi connectivity index (χ0v) is 12.2. The highest BCUT2D eigenvalue weighted by Gasteiger charge is 2.27. The lowest BCUT2D eigenvalue weighted by Gasteiger charge is -2.36. The van der Waals surface area contributed by atoms with E-state index in [1.165, 1.54) is 0 Å². The van der Waals surface area contributed by atoms with Crippen LogP contribution in [0, 0.1) is 0 Å². The van der Waals surface area contributed by atoms with Crippen LogP contribution >= 0.6 is 0 Å². The summed E-state index contributed by atoms with van der Waals surface area (Å²) in [5.74, 6) is 2.26. The van der Waals surface area contributed by atoms with E-state index in [9.17, 15) is 0 Å². The highest BCUT2D eigenvalue weighted by Crippen LogP contribution is 2.21. The van der Waals surface area contributed by atoms with E-state index >= 15 is 0 Å².